The van der Waals surface area contributed by atoms with Crippen LogP contribution in [0.15, 0.2) is 41.0 Å². The monoisotopic (exact) mass is 305 g/mol. The van der Waals surface area contributed by atoms with Crippen molar-refractivity contribution in [2.24, 2.45) is 5.73 Å². The first-order valence-corrected chi connectivity index (χ1v) is 6.10. The van der Waals surface area contributed by atoms with E-state index in [0.717, 1.165) is 10.2 Å². The average molecular weight is 306 g/mol. The Bertz CT molecular complexity index is 599. The van der Waals surface area contributed by atoms with Crippen LogP contribution in [0.1, 0.15) is 11.3 Å². The van der Waals surface area contributed by atoms with E-state index in [1.807, 2.05) is 19.1 Å². The number of nitrogens with two attached hydrogens (primary N) is 1. The molecule has 0 unspecified atom stereocenters. The summed E-state index contributed by atoms with van der Waals surface area (Å²) in [5, 5.41) is 7.36. The van der Waals surface area contributed by atoms with Crippen molar-refractivity contribution in [3.05, 3.63) is 52.3 Å². The van der Waals surface area contributed by atoms with Gasteiger partial charge in [-0.1, -0.05) is 0 Å². The van der Waals surface area contributed by atoms with Crippen LogP contribution in [-0.2, 0) is 0 Å². The maximum atomic E-state index is 7.36. The number of rotatable bonds is 3. The summed E-state index contributed by atoms with van der Waals surface area (Å²) in [6.45, 7) is 1.88. The Hall–Kier alpha value is -1.88. The van der Waals surface area contributed by atoms with Crippen LogP contribution >= 0.6 is 15.9 Å². The van der Waals surface area contributed by atoms with Crippen LogP contribution in [0.3, 0.4) is 0 Å². The number of hydrogen-bond donors (Lipinski definition) is 2. The highest BCUT2D eigenvalue weighted by atomic mass is 79.9. The first-order chi connectivity index (χ1) is 8.58. The minimum atomic E-state index is 0.0276. The molecule has 92 valence electrons. The molecule has 0 aliphatic heterocycles. The van der Waals surface area contributed by atoms with Crippen LogP contribution in [-0.4, -0.2) is 10.8 Å². The van der Waals surface area contributed by atoms with Crippen molar-refractivity contribution in [1.82, 2.24) is 4.98 Å². The number of halogens is 1. The second-order valence-corrected chi connectivity index (χ2v) is 4.60. The molecule has 3 N–H and O–H groups in total. The van der Waals surface area contributed by atoms with Crippen molar-refractivity contribution in [2.45, 2.75) is 6.92 Å². The number of aromatic nitrogens is 1. The summed E-state index contributed by atoms with van der Waals surface area (Å²) < 4.78 is 6.50. The molecule has 0 aliphatic rings. The van der Waals surface area contributed by atoms with E-state index < -0.39 is 0 Å². The second kappa shape index (κ2) is 5.18. The van der Waals surface area contributed by atoms with E-state index in [-0.39, 0.29) is 5.84 Å². The van der Waals surface area contributed by atoms with Gasteiger partial charge in [-0.05, 0) is 53.2 Å². The molecule has 0 saturated heterocycles. The summed E-state index contributed by atoms with van der Waals surface area (Å²) in [6, 6.07) is 8.94. The van der Waals surface area contributed by atoms with E-state index in [1.54, 1.807) is 24.4 Å². The molecule has 4 nitrogen and oxygen atoms in total. The molecule has 0 bridgehead atoms. The lowest BCUT2D eigenvalue weighted by Gasteiger charge is -2.10. The largest absolute Gasteiger partial charge is 0.454 e. The minimum absolute atomic E-state index is 0.0276. The Morgan fingerprint density at radius 3 is 2.72 bits per heavy atom. The van der Waals surface area contributed by atoms with Gasteiger partial charge in [-0.15, -0.1) is 0 Å². The van der Waals surface area contributed by atoms with E-state index >= 15 is 0 Å². The summed E-state index contributed by atoms with van der Waals surface area (Å²) in [6.07, 6.45) is 1.72. The molecule has 0 aliphatic carbocycles. The van der Waals surface area contributed by atoms with E-state index in [1.165, 1.54) is 0 Å². The lowest BCUT2D eigenvalue weighted by Crippen LogP contribution is -2.10. The summed E-state index contributed by atoms with van der Waals surface area (Å²) >= 11 is 3.40. The summed E-state index contributed by atoms with van der Waals surface area (Å²) in [5.74, 6) is 1.39. The van der Waals surface area contributed by atoms with Crippen molar-refractivity contribution in [3.8, 4) is 11.5 Å². The molecule has 0 saturated carbocycles. The highest BCUT2D eigenvalue weighted by molar-refractivity contribution is 9.10. The zero-order valence-corrected chi connectivity index (χ0v) is 11.4. The lowest BCUT2D eigenvalue weighted by atomic mass is 10.2. The maximum Gasteiger partial charge on any atom is 0.148 e. The molecule has 5 heteroatoms. The number of aryl methyl sites for hydroxylation is 1. The van der Waals surface area contributed by atoms with Gasteiger partial charge in [0, 0.05) is 11.8 Å². The van der Waals surface area contributed by atoms with Gasteiger partial charge in [0.25, 0.3) is 0 Å². The average Bonchev–Trinajstić information content (AvgIpc) is 2.34. The molecule has 0 atom stereocenters. The van der Waals surface area contributed by atoms with Gasteiger partial charge < -0.3 is 10.5 Å². The summed E-state index contributed by atoms with van der Waals surface area (Å²) in [7, 11) is 0. The highest BCUT2D eigenvalue weighted by Crippen LogP contribution is 2.31. The molecule has 0 fully saturated rings. The standard InChI is InChI=1S/C13H12BrN3O/c1-8-11(3-2-6-17-8)18-12-5-4-9(13(15)16)7-10(12)14/h2-7H,1H3,(H3,15,16). The molecule has 0 radical (unpaired) electrons. The van der Waals surface area contributed by atoms with Crippen LogP contribution in [0, 0.1) is 12.3 Å². The quantitative estimate of drug-likeness (QED) is 0.675. The van der Waals surface area contributed by atoms with E-state index in [4.69, 9.17) is 15.9 Å². The molecule has 0 spiro atoms. The van der Waals surface area contributed by atoms with Gasteiger partial charge in [-0.2, -0.15) is 0 Å². The van der Waals surface area contributed by atoms with Gasteiger partial charge in [-0.25, -0.2) is 0 Å². The molecule has 2 aromatic rings. The second-order valence-electron chi connectivity index (χ2n) is 3.75. The van der Waals surface area contributed by atoms with Crippen LogP contribution in [0.5, 0.6) is 11.5 Å². The topological polar surface area (TPSA) is 72.0 Å². The molecular formula is C13H12BrN3O. The lowest BCUT2D eigenvalue weighted by molar-refractivity contribution is 0.473. The van der Waals surface area contributed by atoms with Gasteiger partial charge >= 0.3 is 0 Å². The van der Waals surface area contributed by atoms with Gasteiger partial charge in [0.2, 0.25) is 0 Å². The fraction of sp³-hybridized carbons (Fsp3) is 0.0769. The fourth-order valence-corrected chi connectivity index (χ4v) is 1.91. The summed E-state index contributed by atoms with van der Waals surface area (Å²) in [4.78, 5) is 4.16. The third kappa shape index (κ3) is 2.68. The third-order valence-corrected chi connectivity index (χ3v) is 3.04. The van der Waals surface area contributed by atoms with E-state index in [0.29, 0.717) is 17.1 Å². The normalized spacial score (nSPS) is 10.1. The van der Waals surface area contributed by atoms with Crippen LogP contribution < -0.4 is 10.5 Å². The molecule has 0 amide bonds. The Balaban J connectivity index is 2.30. The SMILES string of the molecule is Cc1ncccc1Oc1ccc(C(=N)N)cc1Br. The molecule has 1 heterocycles. The predicted octanol–water partition coefficient (Wildman–Crippen LogP) is 3.23. The van der Waals surface area contributed by atoms with Crippen LogP contribution in [0.4, 0.5) is 0 Å². The number of nitrogens with one attached hydrogen (secondary N) is 1. The van der Waals surface area contributed by atoms with Crippen molar-refractivity contribution in [3.63, 3.8) is 0 Å². The molecular weight excluding hydrogens is 294 g/mol. The van der Waals surface area contributed by atoms with Crippen molar-refractivity contribution < 1.29 is 4.74 Å². The highest BCUT2D eigenvalue weighted by Gasteiger charge is 2.07. The zero-order valence-electron chi connectivity index (χ0n) is 9.77. The smallest absolute Gasteiger partial charge is 0.148 e. The Kier molecular flexibility index (Phi) is 3.62. The van der Waals surface area contributed by atoms with Crippen molar-refractivity contribution in [2.75, 3.05) is 0 Å². The summed E-state index contributed by atoms with van der Waals surface area (Å²) in [5.41, 5.74) is 6.89. The number of nitrogens with zero attached hydrogens (tertiary/aromatic N) is 1. The fourth-order valence-electron chi connectivity index (χ4n) is 1.45. The van der Waals surface area contributed by atoms with E-state index in [2.05, 4.69) is 20.9 Å². The Labute approximate surface area is 113 Å². The number of ether oxygens (including phenoxy) is 1. The Morgan fingerprint density at radius 1 is 1.33 bits per heavy atom. The molecule has 1 aromatic carbocycles. The number of nitrogen functional groups attached to an aromatic ring is 1. The number of benzene rings is 1. The number of hydrogen-bond acceptors (Lipinski definition) is 3. The van der Waals surface area contributed by atoms with Gasteiger partial charge in [0.15, 0.2) is 0 Å². The number of amidine groups is 1. The zero-order chi connectivity index (χ0) is 13.1. The molecule has 18 heavy (non-hydrogen) atoms. The predicted molar refractivity (Wildman–Crippen MR) is 74.2 cm³/mol. The first-order valence-electron chi connectivity index (χ1n) is 5.31. The van der Waals surface area contributed by atoms with Crippen LogP contribution in [0.25, 0.3) is 0 Å². The third-order valence-electron chi connectivity index (χ3n) is 2.42. The van der Waals surface area contributed by atoms with Gasteiger partial charge in [0.1, 0.15) is 17.3 Å². The van der Waals surface area contributed by atoms with Crippen molar-refractivity contribution >= 4 is 21.8 Å². The molecule has 1 aromatic heterocycles. The van der Waals surface area contributed by atoms with Gasteiger partial charge in [-0.3, -0.25) is 10.4 Å². The maximum absolute atomic E-state index is 7.36. The van der Waals surface area contributed by atoms with Crippen LogP contribution in [0.2, 0.25) is 0 Å². The Morgan fingerprint density at radius 2 is 2.11 bits per heavy atom. The van der Waals surface area contributed by atoms with Gasteiger partial charge in [0.05, 0.1) is 10.2 Å². The molecule has 2 rings (SSSR count). The van der Waals surface area contributed by atoms with Crippen molar-refractivity contribution in [1.29, 1.82) is 5.41 Å². The number of pyridine rings is 1. The first kappa shape index (κ1) is 12.6. The van der Waals surface area contributed by atoms with E-state index in [9.17, 15) is 0 Å². The minimum Gasteiger partial charge on any atom is -0.454 e.